The summed E-state index contributed by atoms with van der Waals surface area (Å²) in [6.45, 7) is 1.80. The quantitative estimate of drug-likeness (QED) is 0.802. The van der Waals surface area contributed by atoms with E-state index in [1.54, 1.807) is 19.1 Å². The van der Waals surface area contributed by atoms with Crippen LogP contribution in [0.4, 0.5) is 0 Å². The van der Waals surface area contributed by atoms with Gasteiger partial charge in [-0.2, -0.15) is 0 Å². The summed E-state index contributed by atoms with van der Waals surface area (Å²) in [5, 5.41) is 10.3. The van der Waals surface area contributed by atoms with Crippen molar-refractivity contribution in [1.82, 2.24) is 9.55 Å². The van der Waals surface area contributed by atoms with Crippen LogP contribution < -0.4 is 5.56 Å². The van der Waals surface area contributed by atoms with Crippen LogP contribution in [0.2, 0.25) is 0 Å². The van der Waals surface area contributed by atoms with Gasteiger partial charge in [0.05, 0.1) is 40.9 Å². The summed E-state index contributed by atoms with van der Waals surface area (Å²) >= 11 is 0. The van der Waals surface area contributed by atoms with Crippen molar-refractivity contribution in [2.45, 2.75) is 19.1 Å². The fourth-order valence-electron chi connectivity index (χ4n) is 2.66. The number of hydrogen-bond acceptors (Lipinski definition) is 5. The van der Waals surface area contributed by atoms with E-state index in [0.717, 1.165) is 5.56 Å². The summed E-state index contributed by atoms with van der Waals surface area (Å²) in [6.07, 6.45) is 0.250. The molecule has 1 aliphatic rings. The van der Waals surface area contributed by atoms with E-state index in [2.05, 4.69) is 4.98 Å². The van der Waals surface area contributed by atoms with E-state index in [9.17, 15) is 18.3 Å². The molecule has 1 aliphatic heterocycles. The van der Waals surface area contributed by atoms with E-state index < -0.39 is 22.0 Å². The van der Waals surface area contributed by atoms with Crippen molar-refractivity contribution in [1.29, 1.82) is 0 Å². The van der Waals surface area contributed by atoms with Gasteiger partial charge in [-0.1, -0.05) is 12.1 Å². The van der Waals surface area contributed by atoms with E-state index in [0.29, 0.717) is 10.9 Å². The van der Waals surface area contributed by atoms with Gasteiger partial charge < -0.3 is 5.11 Å². The molecule has 7 heteroatoms. The molecular weight excluding hydrogens is 280 g/mol. The second-order valence-corrected chi connectivity index (χ2v) is 7.29. The molecule has 6 nitrogen and oxygen atoms in total. The third-order valence-electron chi connectivity index (χ3n) is 3.67. The first kappa shape index (κ1) is 13.3. The molecule has 1 fully saturated rings. The van der Waals surface area contributed by atoms with Crippen LogP contribution in [0, 0.1) is 6.92 Å². The summed E-state index contributed by atoms with van der Waals surface area (Å²) in [4.78, 5) is 16.7. The van der Waals surface area contributed by atoms with E-state index in [-0.39, 0.29) is 17.1 Å². The molecule has 0 saturated carbocycles. The molecule has 0 bridgehead atoms. The van der Waals surface area contributed by atoms with Crippen molar-refractivity contribution in [3.63, 3.8) is 0 Å². The topological polar surface area (TPSA) is 89.3 Å². The minimum Gasteiger partial charge on any atom is -0.390 e. The average Bonchev–Trinajstić information content (AvgIpc) is 2.63. The number of aliphatic hydroxyl groups excluding tert-OH is 1. The lowest BCUT2D eigenvalue weighted by Gasteiger charge is -2.16. The minimum atomic E-state index is -3.31. The van der Waals surface area contributed by atoms with Crippen molar-refractivity contribution in [2.24, 2.45) is 0 Å². The van der Waals surface area contributed by atoms with Gasteiger partial charge in [0.2, 0.25) is 0 Å². The number of fused-ring (bicyclic) bond motifs is 1. The summed E-state index contributed by atoms with van der Waals surface area (Å²) in [5.41, 5.74) is 1.04. The Morgan fingerprint density at radius 2 is 2.10 bits per heavy atom. The third-order valence-corrected chi connectivity index (χ3v) is 5.37. The van der Waals surface area contributed by atoms with E-state index in [1.165, 1.54) is 10.9 Å². The van der Waals surface area contributed by atoms with Crippen molar-refractivity contribution < 1.29 is 13.5 Å². The first-order valence-corrected chi connectivity index (χ1v) is 8.06. The maximum Gasteiger partial charge on any atom is 0.261 e. The van der Waals surface area contributed by atoms with Gasteiger partial charge in [-0.3, -0.25) is 9.36 Å². The Hall–Kier alpha value is -1.73. The van der Waals surface area contributed by atoms with Crippen LogP contribution in [0.15, 0.2) is 29.3 Å². The standard InChI is InChI=1S/C13H14N2O4S/c1-8-3-2-4-9-12(8)13(17)15(7-14-9)10-5-20(18,19)6-11(10)16/h2-4,7,10-11,16H,5-6H2,1H3/t10-,11-/m0/s1. The predicted octanol–water partition coefficient (Wildman–Crippen LogP) is 0.0353. The molecule has 0 unspecified atom stereocenters. The van der Waals surface area contributed by atoms with Gasteiger partial charge in [0.25, 0.3) is 5.56 Å². The van der Waals surface area contributed by atoms with Crippen LogP contribution in [0.3, 0.4) is 0 Å². The monoisotopic (exact) mass is 294 g/mol. The molecule has 2 aromatic rings. The number of hydrogen-bond donors (Lipinski definition) is 1. The molecule has 1 aromatic carbocycles. The number of aryl methyl sites for hydroxylation is 1. The fourth-order valence-corrected chi connectivity index (χ4v) is 4.44. The lowest BCUT2D eigenvalue weighted by atomic mass is 10.1. The predicted molar refractivity (Wildman–Crippen MR) is 74.4 cm³/mol. The van der Waals surface area contributed by atoms with Gasteiger partial charge >= 0.3 is 0 Å². The van der Waals surface area contributed by atoms with Crippen molar-refractivity contribution in [2.75, 3.05) is 11.5 Å². The number of sulfone groups is 1. The largest absolute Gasteiger partial charge is 0.390 e. The Morgan fingerprint density at radius 3 is 2.75 bits per heavy atom. The highest BCUT2D eigenvalue weighted by molar-refractivity contribution is 7.91. The van der Waals surface area contributed by atoms with Crippen LogP contribution in [-0.2, 0) is 9.84 Å². The Kier molecular flexibility index (Phi) is 2.91. The number of benzene rings is 1. The molecule has 0 spiro atoms. The van der Waals surface area contributed by atoms with Gasteiger partial charge in [0.1, 0.15) is 0 Å². The first-order valence-electron chi connectivity index (χ1n) is 6.24. The molecule has 2 heterocycles. The van der Waals surface area contributed by atoms with E-state index in [4.69, 9.17) is 0 Å². The molecule has 106 valence electrons. The molecule has 0 radical (unpaired) electrons. The third kappa shape index (κ3) is 2.03. The summed E-state index contributed by atoms with van der Waals surface area (Å²) in [6, 6.07) is 4.58. The Balaban J connectivity index is 2.22. The van der Waals surface area contributed by atoms with E-state index in [1.807, 2.05) is 6.07 Å². The second-order valence-electron chi connectivity index (χ2n) is 5.14. The number of nitrogens with zero attached hydrogens (tertiary/aromatic N) is 2. The Morgan fingerprint density at radius 1 is 1.35 bits per heavy atom. The van der Waals surface area contributed by atoms with Gasteiger partial charge in [0.15, 0.2) is 9.84 Å². The van der Waals surface area contributed by atoms with Gasteiger partial charge in [0, 0.05) is 0 Å². The van der Waals surface area contributed by atoms with Gasteiger partial charge in [-0.25, -0.2) is 13.4 Å². The van der Waals surface area contributed by atoms with Gasteiger partial charge in [-0.05, 0) is 18.6 Å². The molecule has 1 aromatic heterocycles. The molecular formula is C13H14N2O4S. The Labute approximate surface area is 115 Å². The maximum atomic E-state index is 12.5. The summed E-state index contributed by atoms with van der Waals surface area (Å²) in [7, 11) is -3.31. The van der Waals surface area contributed by atoms with Crippen LogP contribution in [0.1, 0.15) is 11.6 Å². The fraction of sp³-hybridized carbons (Fsp3) is 0.385. The molecule has 3 rings (SSSR count). The van der Waals surface area contributed by atoms with Gasteiger partial charge in [-0.15, -0.1) is 0 Å². The summed E-state index contributed by atoms with van der Waals surface area (Å²) < 4.78 is 24.4. The molecule has 0 aliphatic carbocycles. The van der Waals surface area contributed by atoms with Crippen LogP contribution in [-0.4, -0.2) is 40.7 Å². The maximum absolute atomic E-state index is 12.5. The SMILES string of the molecule is Cc1cccc2ncn([C@H]3CS(=O)(=O)C[C@@H]3O)c(=O)c12. The highest BCUT2D eigenvalue weighted by atomic mass is 32.2. The highest BCUT2D eigenvalue weighted by Crippen LogP contribution is 2.23. The smallest absolute Gasteiger partial charge is 0.261 e. The molecule has 2 atom stereocenters. The minimum absolute atomic E-state index is 0.229. The lowest BCUT2D eigenvalue weighted by molar-refractivity contribution is 0.151. The van der Waals surface area contributed by atoms with Crippen LogP contribution in [0.5, 0.6) is 0 Å². The van der Waals surface area contributed by atoms with Crippen LogP contribution >= 0.6 is 0 Å². The Bertz CT molecular complexity index is 841. The van der Waals surface area contributed by atoms with Crippen molar-refractivity contribution in [3.8, 4) is 0 Å². The van der Waals surface area contributed by atoms with Crippen molar-refractivity contribution in [3.05, 3.63) is 40.4 Å². The number of aliphatic hydroxyl groups is 1. The molecule has 1 saturated heterocycles. The zero-order valence-corrected chi connectivity index (χ0v) is 11.7. The number of rotatable bonds is 1. The number of aromatic nitrogens is 2. The summed E-state index contributed by atoms with van der Waals surface area (Å²) in [5.74, 6) is -0.539. The van der Waals surface area contributed by atoms with E-state index >= 15 is 0 Å². The molecule has 1 N–H and O–H groups in total. The first-order chi connectivity index (χ1) is 9.39. The molecule has 20 heavy (non-hydrogen) atoms. The second kappa shape index (κ2) is 4.39. The van der Waals surface area contributed by atoms with Crippen LogP contribution in [0.25, 0.3) is 10.9 Å². The van der Waals surface area contributed by atoms with Crippen molar-refractivity contribution >= 4 is 20.7 Å². The average molecular weight is 294 g/mol. The normalized spacial score (nSPS) is 25.1. The zero-order valence-electron chi connectivity index (χ0n) is 10.9. The zero-order chi connectivity index (χ0) is 14.5. The highest BCUT2D eigenvalue weighted by Gasteiger charge is 2.38. The molecule has 0 amide bonds. The lowest BCUT2D eigenvalue weighted by Crippen LogP contribution is -2.32.